The standard InChI is InChI=1S/C9H10O8.2Mg/c10-6(11)2-1-3(7(12)13)5(9(16)17)4(2)8(14)15;;/h2-5H,1H2,(H,10,11)(H,12,13)(H,14,15)(H,16,17);;/q;2*+2/p-4. The van der Waals surface area contributed by atoms with Gasteiger partial charge in [-0.25, -0.2) is 0 Å². The van der Waals surface area contributed by atoms with Gasteiger partial charge in [-0.2, -0.15) is 0 Å². The van der Waals surface area contributed by atoms with Crippen LogP contribution in [0.3, 0.4) is 0 Å². The van der Waals surface area contributed by atoms with Gasteiger partial charge >= 0.3 is 46.1 Å². The molecule has 1 aliphatic rings. The molecule has 0 amide bonds. The summed E-state index contributed by atoms with van der Waals surface area (Å²) < 4.78 is 0. The molecule has 1 rings (SSSR count). The molecule has 0 N–H and O–H groups in total. The molecule has 4 atom stereocenters. The van der Waals surface area contributed by atoms with Gasteiger partial charge in [-0.05, 0) is 6.42 Å². The van der Waals surface area contributed by atoms with E-state index in [-0.39, 0.29) is 46.1 Å². The number of carboxylic acid groups (broad SMARTS) is 4. The van der Waals surface area contributed by atoms with Crippen LogP contribution in [0.4, 0.5) is 0 Å². The molecule has 94 valence electrons. The Kier molecular flexibility index (Phi) is 8.58. The molecule has 0 aromatic rings. The van der Waals surface area contributed by atoms with Gasteiger partial charge in [0.1, 0.15) is 0 Å². The van der Waals surface area contributed by atoms with Gasteiger partial charge < -0.3 is 39.6 Å². The first-order valence-electron chi connectivity index (χ1n) is 4.60. The Morgan fingerprint density at radius 2 is 0.895 bits per heavy atom. The second-order valence-corrected chi connectivity index (χ2v) is 3.78. The molecule has 1 saturated carbocycles. The first-order chi connectivity index (χ1) is 7.77. The van der Waals surface area contributed by atoms with Crippen LogP contribution in [-0.4, -0.2) is 70.0 Å². The van der Waals surface area contributed by atoms with E-state index in [0.29, 0.717) is 0 Å². The summed E-state index contributed by atoms with van der Waals surface area (Å²) in [6.45, 7) is 0. The zero-order valence-electron chi connectivity index (χ0n) is 9.70. The summed E-state index contributed by atoms with van der Waals surface area (Å²) in [5.41, 5.74) is 0. The number of hydrogen-bond donors (Lipinski definition) is 0. The zero-order valence-corrected chi connectivity index (χ0v) is 12.5. The largest absolute Gasteiger partial charge is 2.00 e. The summed E-state index contributed by atoms with van der Waals surface area (Å²) in [5.74, 6) is -15.1. The summed E-state index contributed by atoms with van der Waals surface area (Å²) in [4.78, 5) is 42.6. The van der Waals surface area contributed by atoms with Gasteiger partial charge in [-0.15, -0.1) is 0 Å². The van der Waals surface area contributed by atoms with Crippen LogP contribution in [0.5, 0.6) is 0 Å². The van der Waals surface area contributed by atoms with Gasteiger partial charge in [0.25, 0.3) is 0 Å². The van der Waals surface area contributed by atoms with Gasteiger partial charge in [-0.3, -0.25) is 0 Å². The van der Waals surface area contributed by atoms with Gasteiger partial charge in [0.15, 0.2) is 0 Å². The smallest absolute Gasteiger partial charge is 0.550 e. The molecule has 4 unspecified atom stereocenters. The molecule has 19 heavy (non-hydrogen) atoms. The van der Waals surface area contributed by atoms with E-state index in [1.165, 1.54) is 0 Å². The SMILES string of the molecule is O=C([O-])C1CC(C(=O)[O-])C(C(=O)[O-])C1C(=O)[O-].[Mg+2].[Mg+2]. The van der Waals surface area contributed by atoms with Gasteiger partial charge in [-0.1, -0.05) is 0 Å². The van der Waals surface area contributed by atoms with Crippen LogP contribution in [0, 0.1) is 23.7 Å². The number of hydrogen-bond acceptors (Lipinski definition) is 8. The zero-order chi connectivity index (χ0) is 13.3. The number of aliphatic carboxylic acids is 4. The van der Waals surface area contributed by atoms with Crippen molar-refractivity contribution in [2.24, 2.45) is 23.7 Å². The molecule has 0 aliphatic heterocycles. The fraction of sp³-hybridized carbons (Fsp3) is 0.556. The van der Waals surface area contributed by atoms with Crippen LogP contribution >= 0.6 is 0 Å². The predicted octanol–water partition coefficient (Wildman–Crippen LogP) is -6.91. The summed E-state index contributed by atoms with van der Waals surface area (Å²) in [6, 6.07) is 0. The number of carbonyl (C=O) groups is 4. The molecule has 10 heteroatoms. The monoisotopic (exact) mass is 290 g/mol. The van der Waals surface area contributed by atoms with Crippen molar-refractivity contribution in [3.63, 3.8) is 0 Å². The Bertz CT molecular complexity index is 360. The molecular formula is C9H6Mg2O8. The minimum absolute atomic E-state index is 0. The molecule has 0 aromatic heterocycles. The third-order valence-electron chi connectivity index (χ3n) is 2.91. The van der Waals surface area contributed by atoms with E-state index in [1.54, 1.807) is 0 Å². The van der Waals surface area contributed by atoms with Crippen molar-refractivity contribution in [3.8, 4) is 0 Å². The van der Waals surface area contributed by atoms with Gasteiger partial charge in [0.2, 0.25) is 0 Å². The molecule has 0 heterocycles. The van der Waals surface area contributed by atoms with Crippen molar-refractivity contribution < 1.29 is 39.6 Å². The number of carboxylic acids is 4. The van der Waals surface area contributed by atoms with Crippen molar-refractivity contribution in [3.05, 3.63) is 0 Å². The normalized spacial score (nSPS) is 28.6. The Labute approximate surface area is 139 Å². The van der Waals surface area contributed by atoms with Crippen molar-refractivity contribution in [2.45, 2.75) is 6.42 Å². The fourth-order valence-corrected chi connectivity index (χ4v) is 2.17. The van der Waals surface area contributed by atoms with Crippen LogP contribution in [0.25, 0.3) is 0 Å². The average molecular weight is 291 g/mol. The van der Waals surface area contributed by atoms with Crippen molar-refractivity contribution in [1.82, 2.24) is 0 Å². The molecular weight excluding hydrogens is 285 g/mol. The van der Waals surface area contributed by atoms with Crippen molar-refractivity contribution in [1.29, 1.82) is 0 Å². The summed E-state index contributed by atoms with van der Waals surface area (Å²) in [6.07, 6.45) is -0.692. The third kappa shape index (κ3) is 4.19. The average Bonchev–Trinajstić information content (AvgIpc) is 2.56. The predicted molar refractivity (Wildman–Crippen MR) is 50.1 cm³/mol. The van der Waals surface area contributed by atoms with E-state index >= 15 is 0 Å². The van der Waals surface area contributed by atoms with Crippen LogP contribution < -0.4 is 20.4 Å². The van der Waals surface area contributed by atoms with E-state index in [0.717, 1.165) is 0 Å². The Balaban J connectivity index is 0. The maximum Gasteiger partial charge on any atom is 2.00 e. The first-order valence-corrected chi connectivity index (χ1v) is 4.60. The Morgan fingerprint density at radius 1 is 0.632 bits per heavy atom. The summed E-state index contributed by atoms with van der Waals surface area (Å²) >= 11 is 0. The molecule has 0 radical (unpaired) electrons. The van der Waals surface area contributed by atoms with Crippen LogP contribution in [0.2, 0.25) is 0 Å². The molecule has 0 bridgehead atoms. The Hall–Kier alpha value is -0.588. The van der Waals surface area contributed by atoms with Gasteiger partial charge in [0, 0.05) is 47.5 Å². The minimum atomic E-state index is -1.99. The Morgan fingerprint density at radius 3 is 1.05 bits per heavy atom. The van der Waals surface area contributed by atoms with Crippen LogP contribution in [-0.2, 0) is 19.2 Å². The number of rotatable bonds is 4. The fourth-order valence-electron chi connectivity index (χ4n) is 2.17. The van der Waals surface area contributed by atoms with Crippen LogP contribution in [0.1, 0.15) is 6.42 Å². The van der Waals surface area contributed by atoms with E-state index in [9.17, 15) is 39.6 Å². The van der Waals surface area contributed by atoms with Gasteiger partial charge in [0.05, 0.1) is 0 Å². The van der Waals surface area contributed by atoms with Crippen molar-refractivity contribution >= 4 is 70.0 Å². The second-order valence-electron chi connectivity index (χ2n) is 3.78. The minimum Gasteiger partial charge on any atom is -0.550 e. The van der Waals surface area contributed by atoms with E-state index in [4.69, 9.17) is 0 Å². The van der Waals surface area contributed by atoms with Crippen LogP contribution in [0.15, 0.2) is 0 Å². The second kappa shape index (κ2) is 7.87. The molecule has 0 aromatic carbocycles. The maximum atomic E-state index is 10.7. The molecule has 0 spiro atoms. The molecule has 1 aliphatic carbocycles. The van der Waals surface area contributed by atoms with E-state index in [1.807, 2.05) is 0 Å². The molecule has 1 fully saturated rings. The topological polar surface area (TPSA) is 161 Å². The van der Waals surface area contributed by atoms with Crippen molar-refractivity contribution in [2.75, 3.05) is 0 Å². The van der Waals surface area contributed by atoms with E-state index in [2.05, 4.69) is 0 Å². The first kappa shape index (κ1) is 20.7. The number of carbonyl (C=O) groups excluding carboxylic acids is 4. The molecule has 0 saturated heterocycles. The maximum absolute atomic E-state index is 10.7. The molecule has 8 nitrogen and oxygen atoms in total. The van der Waals surface area contributed by atoms with E-state index < -0.39 is 54.0 Å². The summed E-state index contributed by atoms with van der Waals surface area (Å²) in [5, 5.41) is 42.6. The summed E-state index contributed by atoms with van der Waals surface area (Å²) in [7, 11) is 0. The quantitative estimate of drug-likeness (QED) is 0.461. The third-order valence-corrected chi connectivity index (χ3v) is 2.91.